The first kappa shape index (κ1) is 15.6. The molecule has 0 saturated heterocycles. The number of ketones is 1. The van der Waals surface area contributed by atoms with Crippen LogP contribution >= 0.6 is 0 Å². The number of hydrogen-bond donors (Lipinski definition) is 1. The maximum Gasteiger partial charge on any atom is 0.154 e. The summed E-state index contributed by atoms with van der Waals surface area (Å²) in [7, 11) is 0. The number of carbonyl (C=O) groups excluding carboxylic acids is 1. The third kappa shape index (κ3) is 3.89. The molecule has 0 aromatic rings. The van der Waals surface area contributed by atoms with Gasteiger partial charge in [-0.2, -0.15) is 0 Å². The smallest absolute Gasteiger partial charge is 0.154 e. The van der Waals surface area contributed by atoms with Gasteiger partial charge in [-0.15, -0.1) is 0 Å². The lowest BCUT2D eigenvalue weighted by atomic mass is 9.65. The molecule has 0 fully saturated rings. The SMILES string of the molecule is CC(C)(C)C(=O)C(N)CC(C)(C)C(C)(C)C. The van der Waals surface area contributed by atoms with Crippen molar-refractivity contribution in [2.75, 3.05) is 0 Å². The molecule has 2 nitrogen and oxygen atoms in total. The summed E-state index contributed by atoms with van der Waals surface area (Å²) in [5.41, 5.74) is 5.92. The molecule has 0 radical (unpaired) electrons. The van der Waals surface area contributed by atoms with Crippen molar-refractivity contribution in [2.45, 2.75) is 67.9 Å². The summed E-state index contributed by atoms with van der Waals surface area (Å²) in [5.74, 6) is 0.157. The third-order valence-electron chi connectivity index (χ3n) is 3.84. The first-order valence-electron chi connectivity index (χ1n) is 6.09. The Kier molecular flexibility index (Phi) is 4.38. The summed E-state index contributed by atoms with van der Waals surface area (Å²) < 4.78 is 0. The highest BCUT2D eigenvalue weighted by atomic mass is 16.1. The fourth-order valence-electron chi connectivity index (χ4n) is 1.50. The second-order valence-electron chi connectivity index (χ2n) is 7.56. The van der Waals surface area contributed by atoms with Crippen LogP contribution in [-0.4, -0.2) is 11.8 Å². The Morgan fingerprint density at radius 3 is 1.62 bits per heavy atom. The van der Waals surface area contributed by atoms with E-state index in [1.165, 1.54) is 0 Å². The number of Topliss-reactive ketones (excluding diaryl/α,β-unsaturated/α-hetero) is 1. The molecule has 0 rings (SSSR count). The van der Waals surface area contributed by atoms with E-state index in [-0.39, 0.29) is 28.1 Å². The van der Waals surface area contributed by atoms with Crippen LogP contribution in [0, 0.1) is 16.2 Å². The monoisotopic (exact) mass is 227 g/mol. The van der Waals surface area contributed by atoms with Crippen molar-refractivity contribution in [3.8, 4) is 0 Å². The van der Waals surface area contributed by atoms with Crippen molar-refractivity contribution in [1.82, 2.24) is 0 Å². The van der Waals surface area contributed by atoms with Crippen LogP contribution in [-0.2, 0) is 4.79 Å². The van der Waals surface area contributed by atoms with Gasteiger partial charge in [-0.3, -0.25) is 4.79 Å². The Morgan fingerprint density at radius 2 is 1.38 bits per heavy atom. The predicted molar refractivity (Wildman–Crippen MR) is 70.3 cm³/mol. The van der Waals surface area contributed by atoms with E-state index in [0.717, 1.165) is 6.42 Å². The van der Waals surface area contributed by atoms with E-state index >= 15 is 0 Å². The van der Waals surface area contributed by atoms with Gasteiger partial charge in [0, 0.05) is 5.41 Å². The van der Waals surface area contributed by atoms with E-state index in [2.05, 4.69) is 34.6 Å². The molecular weight excluding hydrogens is 198 g/mol. The molecule has 0 aromatic heterocycles. The number of carbonyl (C=O) groups is 1. The van der Waals surface area contributed by atoms with Gasteiger partial charge in [0.25, 0.3) is 0 Å². The van der Waals surface area contributed by atoms with Crippen LogP contribution < -0.4 is 5.73 Å². The molecule has 0 aliphatic carbocycles. The van der Waals surface area contributed by atoms with Crippen molar-refractivity contribution in [3.63, 3.8) is 0 Å². The van der Waals surface area contributed by atoms with Crippen LogP contribution in [0.15, 0.2) is 0 Å². The fraction of sp³-hybridized carbons (Fsp3) is 0.929. The maximum atomic E-state index is 12.0. The molecule has 0 bridgehead atoms. The van der Waals surface area contributed by atoms with Crippen molar-refractivity contribution < 1.29 is 4.79 Å². The average Bonchev–Trinajstić information content (AvgIpc) is 1.97. The van der Waals surface area contributed by atoms with E-state index in [1.54, 1.807) is 0 Å². The Morgan fingerprint density at radius 1 is 1.00 bits per heavy atom. The zero-order valence-corrected chi connectivity index (χ0v) is 12.3. The van der Waals surface area contributed by atoms with Crippen LogP contribution in [0.4, 0.5) is 0 Å². The molecule has 0 aromatic carbocycles. The van der Waals surface area contributed by atoms with Gasteiger partial charge in [-0.25, -0.2) is 0 Å². The molecular formula is C14H29NO. The van der Waals surface area contributed by atoms with Crippen LogP contribution in [0.5, 0.6) is 0 Å². The van der Waals surface area contributed by atoms with E-state index in [0.29, 0.717) is 0 Å². The molecule has 96 valence electrons. The number of nitrogens with two attached hydrogens (primary N) is 1. The van der Waals surface area contributed by atoms with E-state index in [4.69, 9.17) is 5.73 Å². The normalized spacial score (nSPS) is 16.1. The van der Waals surface area contributed by atoms with E-state index < -0.39 is 0 Å². The Hall–Kier alpha value is -0.370. The standard InChI is InChI=1S/C14H29NO/c1-12(2,3)11(16)10(15)9-14(7,8)13(4,5)6/h10H,9,15H2,1-8H3. The highest BCUT2D eigenvalue weighted by Gasteiger charge is 2.37. The molecule has 2 heteroatoms. The van der Waals surface area contributed by atoms with Crippen LogP contribution in [0.1, 0.15) is 61.8 Å². The lowest BCUT2D eigenvalue weighted by Crippen LogP contribution is -2.44. The minimum atomic E-state index is -0.353. The van der Waals surface area contributed by atoms with Crippen molar-refractivity contribution in [2.24, 2.45) is 22.0 Å². The van der Waals surface area contributed by atoms with Gasteiger partial charge < -0.3 is 5.73 Å². The van der Waals surface area contributed by atoms with Crippen molar-refractivity contribution in [1.29, 1.82) is 0 Å². The summed E-state index contributed by atoms with van der Waals surface area (Å²) in [5, 5.41) is 0. The van der Waals surface area contributed by atoms with Crippen molar-refractivity contribution in [3.05, 3.63) is 0 Å². The lowest BCUT2D eigenvalue weighted by molar-refractivity contribution is -0.128. The molecule has 1 unspecified atom stereocenters. The topological polar surface area (TPSA) is 43.1 Å². The minimum absolute atomic E-state index is 0.0628. The summed E-state index contributed by atoms with van der Waals surface area (Å²) in [6, 6.07) is -0.353. The Bertz CT molecular complexity index is 253. The summed E-state index contributed by atoms with van der Waals surface area (Å²) in [6.45, 7) is 16.7. The fourth-order valence-corrected chi connectivity index (χ4v) is 1.50. The van der Waals surface area contributed by atoms with Gasteiger partial charge in [0.2, 0.25) is 0 Å². The lowest BCUT2D eigenvalue weighted by Gasteiger charge is -2.41. The van der Waals surface area contributed by atoms with Crippen LogP contribution in [0.3, 0.4) is 0 Å². The van der Waals surface area contributed by atoms with Gasteiger partial charge in [0.1, 0.15) is 0 Å². The summed E-state index contributed by atoms with van der Waals surface area (Å²) in [6.07, 6.45) is 0.743. The molecule has 1 atom stereocenters. The molecule has 0 aliphatic heterocycles. The van der Waals surface area contributed by atoms with E-state index in [9.17, 15) is 4.79 Å². The largest absolute Gasteiger partial charge is 0.321 e. The zero-order chi connectivity index (χ0) is 13.4. The minimum Gasteiger partial charge on any atom is -0.321 e. The summed E-state index contributed by atoms with van der Waals surface area (Å²) >= 11 is 0. The number of hydrogen-bond acceptors (Lipinski definition) is 2. The molecule has 0 spiro atoms. The Balaban J connectivity index is 4.71. The van der Waals surface area contributed by atoms with Gasteiger partial charge in [-0.05, 0) is 17.3 Å². The Labute approximate surface area is 101 Å². The second kappa shape index (κ2) is 4.48. The third-order valence-corrected chi connectivity index (χ3v) is 3.84. The highest BCUT2D eigenvalue weighted by molar-refractivity contribution is 5.88. The molecule has 16 heavy (non-hydrogen) atoms. The molecule has 0 aliphatic rings. The number of rotatable bonds is 3. The second-order valence-corrected chi connectivity index (χ2v) is 7.56. The maximum absolute atomic E-state index is 12.0. The summed E-state index contributed by atoms with van der Waals surface area (Å²) in [4.78, 5) is 12.0. The predicted octanol–water partition coefficient (Wildman–Crippen LogP) is 3.39. The van der Waals surface area contributed by atoms with Gasteiger partial charge >= 0.3 is 0 Å². The zero-order valence-electron chi connectivity index (χ0n) is 12.3. The first-order valence-corrected chi connectivity index (χ1v) is 6.09. The quantitative estimate of drug-likeness (QED) is 0.803. The highest BCUT2D eigenvalue weighted by Crippen LogP contribution is 2.41. The van der Waals surface area contributed by atoms with E-state index in [1.807, 2.05) is 20.8 Å². The molecule has 0 amide bonds. The van der Waals surface area contributed by atoms with Gasteiger partial charge in [0.05, 0.1) is 6.04 Å². The van der Waals surface area contributed by atoms with Crippen LogP contribution in [0.2, 0.25) is 0 Å². The van der Waals surface area contributed by atoms with Gasteiger partial charge in [0.15, 0.2) is 5.78 Å². The van der Waals surface area contributed by atoms with Crippen LogP contribution in [0.25, 0.3) is 0 Å². The molecule has 2 N–H and O–H groups in total. The van der Waals surface area contributed by atoms with Gasteiger partial charge in [-0.1, -0.05) is 55.4 Å². The molecule has 0 saturated carbocycles. The molecule has 0 heterocycles. The first-order chi connectivity index (χ1) is 6.79. The average molecular weight is 227 g/mol. The van der Waals surface area contributed by atoms with Crippen molar-refractivity contribution >= 4 is 5.78 Å².